The lowest BCUT2D eigenvalue weighted by Crippen LogP contribution is -2.42. The van der Waals surface area contributed by atoms with Crippen molar-refractivity contribution in [2.75, 3.05) is 6.54 Å². The summed E-state index contributed by atoms with van der Waals surface area (Å²) in [5.74, 6) is 2.41. The number of hydrogen-bond donors (Lipinski definition) is 1. The Morgan fingerprint density at radius 2 is 2.00 bits per heavy atom. The molecule has 4 aliphatic rings. The van der Waals surface area contributed by atoms with E-state index in [1.807, 2.05) is 0 Å². The minimum atomic E-state index is 0.409. The van der Waals surface area contributed by atoms with Gasteiger partial charge < -0.3 is 5.32 Å². The molecule has 0 spiro atoms. The second kappa shape index (κ2) is 3.89. The molecule has 2 saturated carbocycles. The summed E-state index contributed by atoms with van der Waals surface area (Å²) in [4.78, 5) is 12.1. The van der Waals surface area contributed by atoms with Crippen LogP contribution in [-0.4, -0.2) is 18.4 Å². The maximum absolute atomic E-state index is 12.1. The number of carbonyl (C=O) groups excluding carboxylic acids is 1. The van der Waals surface area contributed by atoms with Gasteiger partial charge in [-0.15, -0.1) is 0 Å². The van der Waals surface area contributed by atoms with Gasteiger partial charge in [-0.2, -0.15) is 0 Å². The van der Waals surface area contributed by atoms with Gasteiger partial charge in [0.1, 0.15) is 5.78 Å². The van der Waals surface area contributed by atoms with E-state index in [0.29, 0.717) is 23.7 Å². The van der Waals surface area contributed by atoms with E-state index in [1.54, 1.807) is 0 Å². The molecule has 2 heterocycles. The molecular weight excluding hydrogens is 186 g/mol. The van der Waals surface area contributed by atoms with E-state index in [9.17, 15) is 4.79 Å². The molecule has 2 aliphatic heterocycles. The van der Waals surface area contributed by atoms with Crippen molar-refractivity contribution < 1.29 is 4.79 Å². The molecule has 0 amide bonds. The van der Waals surface area contributed by atoms with Crippen LogP contribution in [0.2, 0.25) is 0 Å². The fraction of sp³-hybridized carbons (Fsp3) is 0.923. The van der Waals surface area contributed by atoms with Crippen molar-refractivity contribution in [1.29, 1.82) is 0 Å². The minimum Gasteiger partial charge on any atom is -0.313 e. The van der Waals surface area contributed by atoms with E-state index in [2.05, 4.69) is 5.32 Å². The molecule has 0 aromatic rings. The van der Waals surface area contributed by atoms with E-state index in [-0.39, 0.29) is 0 Å². The smallest absolute Gasteiger partial charge is 0.138 e. The molecule has 4 fully saturated rings. The number of carbonyl (C=O) groups is 1. The molecule has 2 nitrogen and oxygen atoms in total. The van der Waals surface area contributed by atoms with Gasteiger partial charge in [-0.3, -0.25) is 4.79 Å². The summed E-state index contributed by atoms with van der Waals surface area (Å²) in [5, 5.41) is 3.44. The van der Waals surface area contributed by atoms with Crippen molar-refractivity contribution in [3.05, 3.63) is 0 Å². The molecule has 0 aromatic carbocycles. The fourth-order valence-electron chi connectivity index (χ4n) is 3.77. The molecule has 3 unspecified atom stereocenters. The zero-order valence-electron chi connectivity index (χ0n) is 9.37. The molecule has 84 valence electrons. The Balaban J connectivity index is 1.52. The standard InChI is InChI=1S/C13H21NO/c15-12(6-9-4-2-1-3-5-9)13-10-7-11(13)14-8-10/h9-11,13-14H,1-8H2. The lowest BCUT2D eigenvalue weighted by Gasteiger charge is -2.34. The molecule has 3 atom stereocenters. The highest BCUT2D eigenvalue weighted by atomic mass is 16.1. The maximum atomic E-state index is 12.1. The summed E-state index contributed by atoms with van der Waals surface area (Å²) in [6.07, 6.45) is 8.87. The van der Waals surface area contributed by atoms with Crippen LogP contribution in [0.25, 0.3) is 0 Å². The molecule has 2 aliphatic carbocycles. The summed E-state index contributed by atoms with van der Waals surface area (Å²) in [6.45, 7) is 1.10. The van der Waals surface area contributed by atoms with Crippen LogP contribution in [0.4, 0.5) is 0 Å². The fourth-order valence-corrected chi connectivity index (χ4v) is 3.77. The topological polar surface area (TPSA) is 29.1 Å². The third-order valence-corrected chi connectivity index (χ3v) is 4.73. The van der Waals surface area contributed by atoms with E-state index in [1.165, 1.54) is 38.5 Å². The van der Waals surface area contributed by atoms with Crippen LogP contribution < -0.4 is 5.32 Å². The third kappa shape index (κ3) is 1.73. The Bertz CT molecular complexity index is 243. The molecule has 2 saturated heterocycles. The van der Waals surface area contributed by atoms with Crippen LogP contribution in [0.5, 0.6) is 0 Å². The van der Waals surface area contributed by atoms with Crippen molar-refractivity contribution in [2.45, 2.75) is 51.0 Å². The maximum Gasteiger partial charge on any atom is 0.138 e. The highest BCUT2D eigenvalue weighted by Gasteiger charge is 2.50. The van der Waals surface area contributed by atoms with Crippen molar-refractivity contribution in [2.24, 2.45) is 17.8 Å². The molecule has 4 rings (SSSR count). The molecule has 0 radical (unpaired) electrons. The Morgan fingerprint density at radius 3 is 2.60 bits per heavy atom. The number of ketones is 1. The molecule has 2 heteroatoms. The van der Waals surface area contributed by atoms with Gasteiger partial charge in [-0.05, 0) is 24.8 Å². The lowest BCUT2D eigenvalue weighted by atomic mass is 9.69. The molecule has 0 aromatic heterocycles. The molecule has 15 heavy (non-hydrogen) atoms. The van der Waals surface area contributed by atoms with Gasteiger partial charge in [-0.25, -0.2) is 0 Å². The highest BCUT2D eigenvalue weighted by Crippen LogP contribution is 2.42. The average molecular weight is 207 g/mol. The van der Waals surface area contributed by atoms with Gasteiger partial charge in [0.15, 0.2) is 0 Å². The quantitative estimate of drug-likeness (QED) is 0.768. The number of Topliss-reactive ketones (excluding diaryl/α,β-unsaturated/α-hetero) is 1. The van der Waals surface area contributed by atoms with Crippen molar-refractivity contribution >= 4 is 5.78 Å². The van der Waals surface area contributed by atoms with Crippen LogP contribution in [0.1, 0.15) is 44.9 Å². The Kier molecular flexibility index (Phi) is 2.55. The SMILES string of the molecule is O=C(CC1CCCCC1)C1C2CNC1C2. The average Bonchev–Trinajstić information content (AvgIpc) is 2.80. The summed E-state index contributed by atoms with van der Waals surface area (Å²) in [5.41, 5.74) is 0. The van der Waals surface area contributed by atoms with Crippen molar-refractivity contribution in [3.8, 4) is 0 Å². The summed E-state index contributed by atoms with van der Waals surface area (Å²) in [6, 6.07) is 0.561. The van der Waals surface area contributed by atoms with Crippen LogP contribution in [-0.2, 0) is 4.79 Å². The van der Waals surface area contributed by atoms with Crippen LogP contribution in [0, 0.1) is 17.8 Å². The number of rotatable bonds is 3. The Morgan fingerprint density at radius 1 is 1.20 bits per heavy atom. The monoisotopic (exact) mass is 207 g/mol. The zero-order chi connectivity index (χ0) is 10.3. The van der Waals surface area contributed by atoms with E-state index >= 15 is 0 Å². The zero-order valence-corrected chi connectivity index (χ0v) is 9.37. The minimum absolute atomic E-state index is 0.409. The van der Waals surface area contributed by atoms with Crippen molar-refractivity contribution in [3.63, 3.8) is 0 Å². The van der Waals surface area contributed by atoms with E-state index < -0.39 is 0 Å². The molecular formula is C13H21NO. The normalized spacial score (nSPS) is 40.1. The van der Waals surface area contributed by atoms with E-state index in [4.69, 9.17) is 0 Å². The van der Waals surface area contributed by atoms with Gasteiger partial charge in [0.25, 0.3) is 0 Å². The highest BCUT2D eigenvalue weighted by molar-refractivity contribution is 5.83. The van der Waals surface area contributed by atoms with Gasteiger partial charge >= 0.3 is 0 Å². The predicted molar refractivity (Wildman–Crippen MR) is 59.6 cm³/mol. The largest absolute Gasteiger partial charge is 0.313 e. The van der Waals surface area contributed by atoms with Crippen LogP contribution >= 0.6 is 0 Å². The van der Waals surface area contributed by atoms with Gasteiger partial charge in [0.2, 0.25) is 0 Å². The second-order valence-corrected chi connectivity index (χ2v) is 5.71. The Hall–Kier alpha value is -0.370. The van der Waals surface area contributed by atoms with Crippen molar-refractivity contribution in [1.82, 2.24) is 5.32 Å². The van der Waals surface area contributed by atoms with Gasteiger partial charge in [-0.1, -0.05) is 32.1 Å². The van der Waals surface area contributed by atoms with Crippen LogP contribution in [0.15, 0.2) is 0 Å². The first kappa shape index (κ1) is 9.83. The first-order valence-corrected chi connectivity index (χ1v) is 6.60. The lowest BCUT2D eigenvalue weighted by molar-refractivity contribution is -0.128. The second-order valence-electron chi connectivity index (χ2n) is 5.71. The number of hydrogen-bond acceptors (Lipinski definition) is 2. The first-order chi connectivity index (χ1) is 7.34. The van der Waals surface area contributed by atoms with E-state index in [0.717, 1.165) is 18.9 Å². The number of nitrogens with one attached hydrogen (secondary N) is 1. The number of fused-ring (bicyclic) bond motifs is 1. The van der Waals surface area contributed by atoms with Gasteiger partial charge in [0, 0.05) is 18.4 Å². The predicted octanol–water partition coefficient (Wildman–Crippen LogP) is 2.13. The van der Waals surface area contributed by atoms with Gasteiger partial charge in [0.05, 0.1) is 0 Å². The molecule has 1 N–H and O–H groups in total. The summed E-state index contributed by atoms with van der Waals surface area (Å²) in [7, 11) is 0. The first-order valence-electron chi connectivity index (χ1n) is 6.60. The summed E-state index contributed by atoms with van der Waals surface area (Å²) < 4.78 is 0. The molecule has 2 bridgehead atoms. The Labute approximate surface area is 91.8 Å². The summed E-state index contributed by atoms with van der Waals surface area (Å²) >= 11 is 0. The van der Waals surface area contributed by atoms with Crippen LogP contribution in [0.3, 0.4) is 0 Å². The third-order valence-electron chi connectivity index (χ3n) is 4.73.